The second-order valence-corrected chi connectivity index (χ2v) is 68.2. The number of para-hydroxylation sites is 8. The van der Waals surface area contributed by atoms with Crippen molar-refractivity contribution in [3.05, 3.63) is 335 Å². The quantitative estimate of drug-likeness (QED) is 0.0521. The Bertz CT molecular complexity index is 5450. The van der Waals surface area contributed by atoms with E-state index in [0.717, 1.165) is 58.1 Å². The molecule has 2 unspecified atom stereocenters. The van der Waals surface area contributed by atoms with Gasteiger partial charge in [-0.15, -0.1) is 21.7 Å². The fraction of sp³-hybridized carbons (Fsp3) is 0.447. The Kier molecular flexibility index (Phi) is 48.2. The third-order valence-corrected chi connectivity index (χ3v) is 32.5. The van der Waals surface area contributed by atoms with E-state index in [-0.39, 0.29) is 73.6 Å². The van der Waals surface area contributed by atoms with Crippen LogP contribution in [-0.2, 0) is 70.3 Å². The molecule has 4 fully saturated rings. The summed E-state index contributed by atoms with van der Waals surface area (Å²) in [6, 6.07) is 79.8. The van der Waals surface area contributed by atoms with Crippen molar-refractivity contribution in [2.75, 3.05) is 19.6 Å². The zero-order chi connectivity index (χ0) is 107. The predicted octanol–water partition coefficient (Wildman–Crippen LogP) is 37.4. The standard InChI is InChI=1S/2C23H30N.C19H30N.C18H28N.4C10H12O.8ClH.4Ru/c2*1-17(2)20-14-10-11-18(3)21(20)24-16-23(6,15-22(24,4)5)19-12-8-7-9-13-19;1-14-10-9-11-15(17(2,3)4)16(14)20-13-18(5,6)12-19(20,7)8;1-13(2)15-10-8-9-14(3)16(15)19-12-17(4,5)11-18(19,6)7;4*1-8(2)11-10-7-5-4-6-9(10)3;;;;;;;;;;;;/h2*7-14,16-17H,15H2,1-6H3;9-11,13H,12H2,1-8H3;8-10,12-13H,11H2,1-7H3;4*3-8H,1-2H3;8*1H;;;;/q4*-1;;;;;;;;;;;;;4*+2/p-8. The van der Waals surface area contributed by atoms with E-state index in [4.69, 9.17) is 96.5 Å². The average molecular weight is 2450 g/mol. The fourth-order valence-corrected chi connectivity index (χ4v) is 27.3. The first-order valence-electron chi connectivity index (χ1n) is 49.9. The Morgan fingerprint density at radius 3 is 0.713 bits per heavy atom. The third kappa shape index (κ3) is 37.7. The van der Waals surface area contributed by atoms with Crippen LogP contribution in [0.4, 0.5) is 22.7 Å². The van der Waals surface area contributed by atoms with E-state index in [9.17, 15) is 0 Å². The van der Waals surface area contributed by atoms with Crippen LogP contribution < -0.4 is 38.5 Å². The van der Waals surface area contributed by atoms with Gasteiger partial charge < -0.3 is 19.6 Å². The minimum atomic E-state index is -1.77. The summed E-state index contributed by atoms with van der Waals surface area (Å²) in [7, 11) is 46.5. The molecular weight excluding hydrogens is 2290 g/mol. The van der Waals surface area contributed by atoms with Gasteiger partial charge >= 0.3 is 391 Å². The molecule has 0 aromatic heterocycles. The minimum Gasteiger partial charge on any atom is -0.517 e. The third-order valence-electron chi connectivity index (χ3n) is 25.2. The van der Waals surface area contributed by atoms with E-state index in [1.165, 1.54) is 91.2 Å². The molecule has 0 spiro atoms. The summed E-state index contributed by atoms with van der Waals surface area (Å²) in [5, 5.41) is 0. The number of aryl methyl sites for hydroxylation is 4. The summed E-state index contributed by atoms with van der Waals surface area (Å²) in [5.74, 6) is 5.00. The molecule has 0 saturated carbocycles. The first-order valence-corrected chi connectivity index (χ1v) is 71.8. The zero-order valence-electron chi connectivity index (χ0n) is 91.8. The molecule has 143 heavy (non-hydrogen) atoms. The van der Waals surface area contributed by atoms with Crippen molar-refractivity contribution in [2.24, 2.45) is 10.8 Å². The van der Waals surface area contributed by atoms with Crippen LogP contribution >= 0.6 is 77.5 Å². The van der Waals surface area contributed by atoms with E-state index in [0.29, 0.717) is 17.8 Å². The molecule has 8 nitrogen and oxygen atoms in total. The number of benzene rings is 10. The number of halogens is 8. The van der Waals surface area contributed by atoms with Crippen LogP contribution in [0.3, 0.4) is 0 Å². The number of rotatable bonds is 21. The second-order valence-electron chi connectivity index (χ2n) is 45.3. The summed E-state index contributed by atoms with van der Waals surface area (Å²) < 4.78 is 30.1. The molecule has 0 amide bonds. The van der Waals surface area contributed by atoms with Gasteiger partial charge in [-0.25, -0.2) is 26.2 Å². The number of hydrogen-bond donors (Lipinski definition) is 0. The van der Waals surface area contributed by atoms with Gasteiger partial charge in [0.2, 0.25) is 0 Å². The molecule has 20 heteroatoms. The molecule has 14 rings (SSSR count). The molecular formula is C123H166Cl8N4O4Ru4-4. The molecule has 4 heterocycles. The van der Waals surface area contributed by atoms with E-state index >= 15 is 0 Å². The maximum absolute atomic E-state index is 5.82. The molecule has 0 bridgehead atoms. The van der Waals surface area contributed by atoms with E-state index < -0.39 is 54.1 Å². The largest absolute Gasteiger partial charge is 0.517 e. The van der Waals surface area contributed by atoms with Crippen molar-refractivity contribution in [3.63, 3.8) is 0 Å². The van der Waals surface area contributed by atoms with Gasteiger partial charge in [0.05, 0.1) is 0 Å². The Morgan fingerprint density at radius 1 is 0.273 bits per heavy atom. The number of hydrogen-bond acceptors (Lipinski definition) is 8. The van der Waals surface area contributed by atoms with Crippen molar-refractivity contribution in [3.8, 4) is 23.0 Å². The van der Waals surface area contributed by atoms with Gasteiger partial charge in [0.1, 0.15) is 0 Å². The summed E-state index contributed by atoms with van der Waals surface area (Å²) >= 11 is -7.08. The Balaban J connectivity index is 0.000000224. The summed E-state index contributed by atoms with van der Waals surface area (Å²) in [6.07, 6.45) is 5.29. The average Bonchev–Trinajstić information content (AvgIpc) is 1.64. The topological polar surface area (TPSA) is 49.9 Å². The normalized spacial score (nSPS) is 18.0. The fourth-order valence-electron chi connectivity index (χ4n) is 20.0. The van der Waals surface area contributed by atoms with Crippen molar-refractivity contribution in [1.82, 2.24) is 0 Å². The maximum atomic E-state index is 5.82. The molecule has 4 aliphatic heterocycles. The van der Waals surface area contributed by atoms with E-state index in [1.807, 2.05) is 171 Å². The SMILES string of the molecule is CC(C)Oc1ccccc1[CH]=[Ru]([Cl])[Cl].CC(C)Oc1ccccc1[CH]=[Ru]([Cl])[Cl].CC(C)Oc1ccccc1[CH]=[Ru]([Cl])[Cl].CC(C)Oc1ccccc1[CH]=[Ru]([Cl])[Cl].Cc1cccc(C(C)(C)C)c1N1[CH-]C(C)(C)CC1(C)C.Cc1cccc(C(C)C)c1N1[CH-]C(C)(C)CC1(C)C.Cc1cccc(C(C)C)c1N1[CH-]C(C)(c2ccccc2)CC1(C)C.Cc1cccc(C(C)C)c1N1[CH-]C(C)(c2ccccc2)CC1(C)C. The molecule has 0 radical (unpaired) electrons. The van der Waals surface area contributed by atoms with Crippen molar-refractivity contribution in [2.45, 2.75) is 349 Å². The molecule has 10 aromatic carbocycles. The maximum Gasteiger partial charge on any atom is 0.0142 e. The zero-order valence-corrected chi connectivity index (χ0v) is 105. The van der Waals surface area contributed by atoms with E-state index in [2.05, 4.69) is 366 Å². The summed E-state index contributed by atoms with van der Waals surface area (Å²) in [6.45, 7) is 88.3. The molecule has 10 aromatic rings. The predicted molar refractivity (Wildman–Crippen MR) is 619 cm³/mol. The van der Waals surface area contributed by atoms with Crippen molar-refractivity contribution in [1.29, 1.82) is 0 Å². The molecule has 2 atom stereocenters. The second kappa shape index (κ2) is 55.3. The Labute approximate surface area is 918 Å². The number of anilines is 4. The molecule has 794 valence electrons. The van der Waals surface area contributed by atoms with Gasteiger partial charge in [-0.2, -0.15) is 0 Å². The molecule has 0 aliphatic carbocycles. The summed E-state index contributed by atoms with van der Waals surface area (Å²) in [4.78, 5) is 10.1. The van der Waals surface area contributed by atoms with Crippen molar-refractivity contribution >= 4 is 119 Å². The van der Waals surface area contributed by atoms with Crippen LogP contribution in [0, 0.1) is 64.7 Å². The molecule has 4 aliphatic rings. The smallest absolute Gasteiger partial charge is 0.0142 e. The van der Waals surface area contributed by atoms with Gasteiger partial charge in [-0.1, -0.05) is 261 Å². The first kappa shape index (κ1) is 125. The van der Waals surface area contributed by atoms with Gasteiger partial charge in [0.15, 0.2) is 0 Å². The van der Waals surface area contributed by atoms with E-state index in [1.54, 1.807) is 0 Å². The number of ether oxygens (including phenoxy) is 4. The van der Waals surface area contributed by atoms with Crippen LogP contribution in [0.1, 0.15) is 336 Å². The first-order chi connectivity index (χ1) is 66.4. The van der Waals surface area contributed by atoms with Crippen LogP contribution in [0.25, 0.3) is 0 Å². The van der Waals surface area contributed by atoms with Gasteiger partial charge in [-0.3, -0.25) is 0 Å². The van der Waals surface area contributed by atoms with Crippen LogP contribution in [0.15, 0.2) is 231 Å². The number of nitrogens with zero attached hydrogens (tertiary/aromatic N) is 4. The molecule has 0 N–H and O–H groups in total. The monoisotopic (exact) mass is 2450 g/mol. The Hall–Kier alpha value is -5.11. The molecule has 4 saturated heterocycles. The van der Waals surface area contributed by atoms with Crippen LogP contribution in [0.5, 0.6) is 23.0 Å². The summed E-state index contributed by atoms with van der Waals surface area (Å²) in [5.41, 5.74) is 25.1. The minimum absolute atomic E-state index is 0.0707. The van der Waals surface area contributed by atoms with Crippen LogP contribution in [0.2, 0.25) is 0 Å². The van der Waals surface area contributed by atoms with Gasteiger partial charge in [0.25, 0.3) is 0 Å². The van der Waals surface area contributed by atoms with Gasteiger partial charge in [-0.05, 0) is 164 Å². The van der Waals surface area contributed by atoms with Crippen LogP contribution in [-0.4, -0.2) is 65.0 Å². The van der Waals surface area contributed by atoms with Gasteiger partial charge in [0, 0.05) is 44.9 Å². The Morgan fingerprint density at radius 2 is 0.490 bits per heavy atom. The van der Waals surface area contributed by atoms with Crippen molar-refractivity contribution < 1.29 is 73.0 Å².